The summed E-state index contributed by atoms with van der Waals surface area (Å²) < 4.78 is 2.09. The van der Waals surface area contributed by atoms with Crippen LogP contribution in [0.3, 0.4) is 0 Å². The van der Waals surface area contributed by atoms with E-state index in [0.29, 0.717) is 18.5 Å². The molecule has 1 fully saturated rings. The predicted molar refractivity (Wildman–Crippen MR) is 202 cm³/mol. The van der Waals surface area contributed by atoms with Crippen LogP contribution in [0.2, 0.25) is 0 Å². The number of nitrogens with zero attached hydrogens (tertiary/aromatic N) is 4. The van der Waals surface area contributed by atoms with E-state index in [4.69, 9.17) is 5.10 Å². The molecule has 2 amide bonds. The Morgan fingerprint density at radius 3 is 1.81 bits per heavy atom. The number of carbonyl (C=O) groups excluding carboxylic acids is 1. The normalized spacial score (nSPS) is 16.0. The zero-order chi connectivity index (χ0) is 35.5. The molecule has 8 rings (SSSR count). The first-order valence-corrected chi connectivity index (χ1v) is 17.5. The summed E-state index contributed by atoms with van der Waals surface area (Å²) in [5.74, 6) is -0.294. The maximum atomic E-state index is 14.1. The molecule has 2 N–H and O–H groups in total. The lowest BCUT2D eigenvalue weighted by molar-refractivity contribution is 0.0874. The minimum atomic E-state index is -0.991. The van der Waals surface area contributed by atoms with E-state index >= 15 is 0 Å². The topological polar surface area (TPSA) is 100 Å². The number of carbonyl (C=O) groups is 2. The lowest BCUT2D eigenvalue weighted by Gasteiger charge is -2.37. The minimum Gasteiger partial charge on any atom is -0.465 e. The van der Waals surface area contributed by atoms with Gasteiger partial charge in [-0.15, -0.1) is 0 Å². The molecule has 2 aromatic heterocycles. The van der Waals surface area contributed by atoms with Gasteiger partial charge in [-0.25, -0.2) is 9.48 Å². The standard InChI is InChI=1S/C44H37N5O3/c50-42(46-38-27-34(29-48(30-38)43(51)52)31-13-5-1-6-14-31)33-21-22-40-39(28-33)41(32-23-25-45-26-24-32)47-49(40)44(35-15-7-2-8-16-35,36-17-9-3-10-18-36)37-19-11-4-12-20-37/h1-26,28,34,38H,27,29-30H2,(H,46,50)(H,51,52)/t34-,38+/m1/s1. The Hall–Kier alpha value is -6.54. The van der Waals surface area contributed by atoms with Crippen molar-refractivity contribution in [1.82, 2.24) is 25.0 Å². The fourth-order valence-electron chi connectivity index (χ4n) is 7.74. The zero-order valence-electron chi connectivity index (χ0n) is 28.4. The summed E-state index contributed by atoms with van der Waals surface area (Å²) in [5, 5.41) is 19.4. The van der Waals surface area contributed by atoms with Crippen LogP contribution in [0.4, 0.5) is 4.79 Å². The highest BCUT2D eigenvalue weighted by atomic mass is 16.4. The van der Waals surface area contributed by atoms with Crippen molar-refractivity contribution in [2.45, 2.75) is 23.9 Å². The van der Waals surface area contributed by atoms with Gasteiger partial charge in [0.15, 0.2) is 0 Å². The number of carboxylic acid groups (broad SMARTS) is 1. The van der Waals surface area contributed by atoms with Crippen molar-refractivity contribution < 1.29 is 14.7 Å². The van der Waals surface area contributed by atoms with Crippen LogP contribution in [0, 0.1) is 0 Å². The molecule has 256 valence electrons. The molecule has 0 saturated carbocycles. The molecular weight excluding hydrogens is 647 g/mol. The summed E-state index contributed by atoms with van der Waals surface area (Å²) in [6.45, 7) is 0.610. The van der Waals surface area contributed by atoms with Crippen molar-refractivity contribution in [3.05, 3.63) is 192 Å². The Kier molecular flexibility index (Phi) is 8.79. The molecule has 0 aliphatic carbocycles. The molecule has 0 radical (unpaired) electrons. The molecule has 0 unspecified atom stereocenters. The molecule has 1 saturated heterocycles. The lowest BCUT2D eigenvalue weighted by atomic mass is 9.77. The highest BCUT2D eigenvalue weighted by molar-refractivity contribution is 6.02. The summed E-state index contributed by atoms with van der Waals surface area (Å²) in [7, 11) is 0. The van der Waals surface area contributed by atoms with Crippen molar-refractivity contribution >= 4 is 22.9 Å². The van der Waals surface area contributed by atoms with Crippen molar-refractivity contribution in [2.24, 2.45) is 0 Å². The molecule has 0 spiro atoms. The number of likely N-dealkylation sites (tertiary alicyclic amines) is 1. The highest BCUT2D eigenvalue weighted by Crippen LogP contribution is 2.44. The van der Waals surface area contributed by atoms with Crippen molar-refractivity contribution in [2.75, 3.05) is 13.1 Å². The van der Waals surface area contributed by atoms with Gasteiger partial charge in [-0.3, -0.25) is 9.78 Å². The molecule has 3 heterocycles. The largest absolute Gasteiger partial charge is 0.465 e. The molecule has 1 aliphatic heterocycles. The monoisotopic (exact) mass is 683 g/mol. The molecule has 1 aliphatic rings. The van der Waals surface area contributed by atoms with E-state index in [1.165, 1.54) is 4.90 Å². The highest BCUT2D eigenvalue weighted by Gasteiger charge is 2.41. The Bertz CT molecular complexity index is 2220. The van der Waals surface area contributed by atoms with Gasteiger partial charge in [0, 0.05) is 54.0 Å². The van der Waals surface area contributed by atoms with Gasteiger partial charge in [0.2, 0.25) is 0 Å². The third kappa shape index (κ3) is 5.98. The average Bonchev–Trinajstić information content (AvgIpc) is 3.59. The lowest BCUT2D eigenvalue weighted by Crippen LogP contribution is -2.51. The van der Waals surface area contributed by atoms with Gasteiger partial charge in [0.1, 0.15) is 11.2 Å². The number of rotatable bonds is 8. The SMILES string of the molecule is O=C(N[C@H]1C[C@@H](c2ccccc2)CN(C(=O)O)C1)c1ccc2c(c1)c(-c1ccncc1)nn2C(c1ccccc1)(c1ccccc1)c1ccccc1. The van der Waals surface area contributed by atoms with Crippen molar-refractivity contribution in [3.63, 3.8) is 0 Å². The van der Waals surface area contributed by atoms with E-state index < -0.39 is 11.6 Å². The van der Waals surface area contributed by atoms with Crippen molar-refractivity contribution in [1.29, 1.82) is 0 Å². The second kappa shape index (κ2) is 14.0. The third-order valence-corrected chi connectivity index (χ3v) is 10.1. The van der Waals surface area contributed by atoms with Crippen LogP contribution in [0.15, 0.2) is 164 Å². The summed E-state index contributed by atoms with van der Waals surface area (Å²) in [6.07, 6.45) is 3.14. The average molecular weight is 684 g/mol. The van der Waals surface area contributed by atoms with E-state index in [0.717, 1.165) is 44.4 Å². The van der Waals surface area contributed by atoms with Gasteiger partial charge < -0.3 is 15.3 Å². The number of nitrogens with one attached hydrogen (secondary N) is 1. The second-order valence-corrected chi connectivity index (χ2v) is 13.2. The van der Waals surface area contributed by atoms with E-state index in [2.05, 4.69) is 51.4 Å². The summed E-state index contributed by atoms with van der Waals surface area (Å²) in [5.41, 5.74) is 6.20. The number of hydrogen-bond donors (Lipinski definition) is 2. The van der Waals surface area contributed by atoms with Gasteiger partial charge in [0.25, 0.3) is 5.91 Å². The van der Waals surface area contributed by atoms with Crippen LogP contribution >= 0.6 is 0 Å². The number of piperidine rings is 1. The Morgan fingerprint density at radius 1 is 0.692 bits per heavy atom. The molecule has 8 heteroatoms. The number of benzene rings is 5. The van der Waals surface area contributed by atoms with Crippen LogP contribution in [-0.2, 0) is 5.54 Å². The maximum absolute atomic E-state index is 14.1. The predicted octanol–water partition coefficient (Wildman–Crippen LogP) is 8.20. The van der Waals surface area contributed by atoms with Gasteiger partial charge in [-0.1, -0.05) is 121 Å². The zero-order valence-corrected chi connectivity index (χ0v) is 28.4. The molecule has 8 nitrogen and oxygen atoms in total. The number of amides is 2. The fraction of sp³-hybridized carbons (Fsp3) is 0.136. The van der Waals surface area contributed by atoms with Crippen LogP contribution in [0.1, 0.15) is 45.0 Å². The van der Waals surface area contributed by atoms with Gasteiger partial charge in [-0.05, 0) is 59.0 Å². The number of fused-ring (bicyclic) bond motifs is 1. The Labute approximate surface area is 302 Å². The van der Waals surface area contributed by atoms with Crippen LogP contribution in [0.5, 0.6) is 0 Å². The van der Waals surface area contributed by atoms with E-state index in [1.807, 2.05) is 115 Å². The summed E-state index contributed by atoms with van der Waals surface area (Å²) in [4.78, 5) is 31.9. The van der Waals surface area contributed by atoms with E-state index in [9.17, 15) is 14.7 Å². The number of hydrogen-bond acceptors (Lipinski definition) is 4. The smallest absolute Gasteiger partial charge is 0.407 e. The number of pyridine rings is 1. The fourth-order valence-corrected chi connectivity index (χ4v) is 7.74. The van der Waals surface area contributed by atoms with E-state index in [1.54, 1.807) is 12.4 Å². The van der Waals surface area contributed by atoms with Crippen LogP contribution in [-0.4, -0.2) is 55.9 Å². The molecule has 2 atom stereocenters. The number of aromatic nitrogens is 3. The first-order valence-electron chi connectivity index (χ1n) is 17.5. The molecular formula is C44H37N5O3. The third-order valence-electron chi connectivity index (χ3n) is 10.1. The maximum Gasteiger partial charge on any atom is 0.407 e. The second-order valence-electron chi connectivity index (χ2n) is 13.2. The molecule has 52 heavy (non-hydrogen) atoms. The van der Waals surface area contributed by atoms with Gasteiger partial charge in [-0.2, -0.15) is 5.10 Å². The molecule has 0 bridgehead atoms. The Balaban J connectivity index is 1.27. The van der Waals surface area contributed by atoms with Gasteiger partial charge in [0.05, 0.1) is 5.52 Å². The van der Waals surface area contributed by atoms with Crippen molar-refractivity contribution in [3.8, 4) is 11.3 Å². The van der Waals surface area contributed by atoms with Crippen LogP contribution < -0.4 is 5.32 Å². The molecule has 5 aromatic carbocycles. The minimum absolute atomic E-state index is 0.0302. The first kappa shape index (κ1) is 32.7. The van der Waals surface area contributed by atoms with Gasteiger partial charge >= 0.3 is 6.09 Å². The van der Waals surface area contributed by atoms with Crippen LogP contribution in [0.25, 0.3) is 22.2 Å². The summed E-state index contributed by atoms with van der Waals surface area (Å²) >= 11 is 0. The summed E-state index contributed by atoms with van der Waals surface area (Å²) in [6, 6.07) is 50.3. The molecule has 7 aromatic rings. The van der Waals surface area contributed by atoms with E-state index in [-0.39, 0.29) is 24.4 Å². The Morgan fingerprint density at radius 2 is 1.25 bits per heavy atom. The first-order chi connectivity index (χ1) is 25.5. The quantitative estimate of drug-likeness (QED) is 0.157.